The Kier molecular flexibility index (Phi) is 24.6. The van der Waals surface area contributed by atoms with Crippen LogP contribution in [0.1, 0.15) is 126 Å². The summed E-state index contributed by atoms with van der Waals surface area (Å²) < 4.78 is 41.7. The molecule has 2 atom stereocenters. The van der Waals surface area contributed by atoms with Crippen LogP contribution in [0.4, 0.5) is 0 Å². The van der Waals surface area contributed by atoms with Gasteiger partial charge in [0.05, 0.1) is 38.1 Å². The van der Waals surface area contributed by atoms with Crippen molar-refractivity contribution in [1.82, 2.24) is 5.32 Å². The molecule has 0 fully saturated rings. The first-order chi connectivity index (χ1) is 19.4. The molecule has 0 saturated heterocycles. The lowest BCUT2D eigenvalue weighted by atomic mass is 10.1. The van der Waals surface area contributed by atoms with Gasteiger partial charge < -0.3 is 14.8 Å². The lowest BCUT2D eigenvalue weighted by molar-refractivity contribution is -0.121. The average molecular weight is 644 g/mol. The number of nitrogens with one attached hydrogen (secondary N) is 1. The van der Waals surface area contributed by atoms with Gasteiger partial charge in [-0.1, -0.05) is 74.0 Å². The van der Waals surface area contributed by atoms with Crippen molar-refractivity contribution >= 4 is 35.3 Å². The molecule has 0 aromatic heterocycles. The lowest BCUT2D eigenvalue weighted by Gasteiger charge is -2.29. The topological polar surface area (TPSA) is 92.3 Å². The maximum atomic E-state index is 13.6. The van der Waals surface area contributed by atoms with Crippen LogP contribution in [0.2, 0.25) is 0 Å². The molecule has 1 amide bonds. The van der Waals surface area contributed by atoms with Gasteiger partial charge in [-0.15, -0.1) is 0 Å². The maximum Gasteiger partial charge on any atom is 0.475 e. The second kappa shape index (κ2) is 24.5. The number of hydrogen-bond acceptors (Lipinski definition) is 9. The Morgan fingerprint density at radius 2 is 1.61 bits per heavy atom. The van der Waals surface area contributed by atoms with Gasteiger partial charge in [-0.2, -0.15) is 0 Å². The Morgan fingerprint density at radius 3 is 2.27 bits per heavy atom. The van der Waals surface area contributed by atoms with Crippen molar-refractivity contribution < 1.29 is 32.4 Å². The van der Waals surface area contributed by atoms with Crippen molar-refractivity contribution in [2.45, 2.75) is 142 Å². The van der Waals surface area contributed by atoms with E-state index < -0.39 is 13.4 Å². The second-order valence-electron chi connectivity index (χ2n) is 12.0. The average Bonchev–Trinajstić information content (AvgIpc) is 2.88. The highest BCUT2D eigenvalue weighted by Crippen LogP contribution is 2.54. The van der Waals surface area contributed by atoms with Gasteiger partial charge in [0.15, 0.2) is 0 Å². The molecule has 0 aromatic rings. The molecule has 246 valence electrons. The highest BCUT2D eigenvalue weighted by molar-refractivity contribution is 8.77. The summed E-state index contributed by atoms with van der Waals surface area (Å²) >= 11 is 0. The van der Waals surface area contributed by atoms with E-state index in [2.05, 4.69) is 33.0 Å². The first-order valence-electron chi connectivity index (χ1n) is 15.6. The first-order valence-corrected chi connectivity index (χ1v) is 19.4. The largest absolute Gasteiger partial charge is 0.475 e. The number of hydrogen-bond donors (Lipinski definition) is 1. The number of unbranched alkanes of at least 4 members (excludes halogenated alkanes) is 5. The van der Waals surface area contributed by atoms with E-state index in [1.807, 2.05) is 31.6 Å². The third-order valence-electron chi connectivity index (χ3n) is 6.01. The predicted molar refractivity (Wildman–Crippen MR) is 176 cm³/mol. The number of ether oxygens (including phenoxy) is 2. The van der Waals surface area contributed by atoms with Gasteiger partial charge in [0.2, 0.25) is 5.91 Å². The van der Waals surface area contributed by atoms with E-state index in [0.717, 1.165) is 50.7 Å². The molecule has 8 nitrogen and oxygen atoms in total. The molecule has 0 bridgehead atoms. The van der Waals surface area contributed by atoms with Gasteiger partial charge >= 0.3 is 7.82 Å². The summed E-state index contributed by atoms with van der Waals surface area (Å²) in [6.07, 6.45) is 11.5. The molecule has 41 heavy (non-hydrogen) atoms. The van der Waals surface area contributed by atoms with Crippen LogP contribution in [0, 0.1) is 0 Å². The minimum atomic E-state index is -3.67. The number of carbonyl (C=O) groups excluding carboxylic acids is 1. The maximum absolute atomic E-state index is 13.6. The van der Waals surface area contributed by atoms with Crippen LogP contribution in [0.15, 0.2) is 0 Å². The van der Waals surface area contributed by atoms with Crippen molar-refractivity contribution in [3.8, 4) is 0 Å². The van der Waals surface area contributed by atoms with E-state index in [1.54, 1.807) is 17.9 Å². The van der Waals surface area contributed by atoms with Crippen molar-refractivity contribution in [2.24, 2.45) is 0 Å². The number of carbonyl (C=O) groups is 1. The summed E-state index contributed by atoms with van der Waals surface area (Å²) in [7, 11) is 1.58. The quantitative estimate of drug-likeness (QED) is 0.0509. The summed E-state index contributed by atoms with van der Waals surface area (Å²) in [6, 6.07) is 0. The number of amides is 1. The van der Waals surface area contributed by atoms with Crippen molar-refractivity contribution in [1.29, 1.82) is 0 Å². The first kappa shape index (κ1) is 41.2. The molecule has 0 spiro atoms. The smallest absolute Gasteiger partial charge is 0.382 e. The van der Waals surface area contributed by atoms with Gasteiger partial charge in [-0.3, -0.25) is 18.4 Å². The van der Waals surface area contributed by atoms with E-state index in [4.69, 9.17) is 23.0 Å². The van der Waals surface area contributed by atoms with E-state index in [9.17, 15) is 9.36 Å². The molecule has 0 saturated carbocycles. The van der Waals surface area contributed by atoms with Crippen LogP contribution in [-0.4, -0.2) is 68.2 Å². The summed E-state index contributed by atoms with van der Waals surface area (Å²) in [5.41, 5.74) is -0.625. The van der Waals surface area contributed by atoms with Gasteiger partial charge in [0, 0.05) is 30.6 Å². The number of methoxy groups -OCH3 is 1. The highest BCUT2D eigenvalue weighted by Gasteiger charge is 2.35. The van der Waals surface area contributed by atoms with Crippen molar-refractivity contribution in [3.05, 3.63) is 0 Å². The molecule has 2 unspecified atom stereocenters. The van der Waals surface area contributed by atoms with Crippen molar-refractivity contribution in [2.75, 3.05) is 45.8 Å². The number of phosphoric acid groups is 1. The van der Waals surface area contributed by atoms with E-state index >= 15 is 0 Å². The molecular formula is C30H62NO7PS2. The van der Waals surface area contributed by atoms with Gasteiger partial charge in [-0.25, -0.2) is 4.57 Å². The third kappa shape index (κ3) is 26.3. The Morgan fingerprint density at radius 1 is 0.878 bits per heavy atom. The predicted octanol–water partition coefficient (Wildman–Crippen LogP) is 8.97. The zero-order valence-corrected chi connectivity index (χ0v) is 30.0. The fourth-order valence-corrected chi connectivity index (χ4v) is 8.31. The van der Waals surface area contributed by atoms with Crippen LogP contribution in [-0.2, 0) is 32.4 Å². The molecule has 0 aliphatic rings. The van der Waals surface area contributed by atoms with Crippen molar-refractivity contribution in [3.63, 3.8) is 0 Å². The molecule has 0 aliphatic heterocycles. The zero-order chi connectivity index (χ0) is 31.0. The fourth-order valence-electron chi connectivity index (χ4n) is 3.84. The zero-order valence-electron chi connectivity index (χ0n) is 27.4. The van der Waals surface area contributed by atoms with E-state index in [-0.39, 0.29) is 16.8 Å². The summed E-state index contributed by atoms with van der Waals surface area (Å²) in [4.78, 5) is 12.1. The fraction of sp³-hybridized carbons (Fsp3) is 0.967. The summed E-state index contributed by atoms with van der Waals surface area (Å²) in [6.45, 7) is 16.8. The Labute approximate surface area is 260 Å². The highest BCUT2D eigenvalue weighted by atomic mass is 33.1. The van der Waals surface area contributed by atoms with Gasteiger partial charge in [0.25, 0.3) is 0 Å². The Hall–Kier alpha value is 0.200. The Bertz CT molecular complexity index is 692. The van der Waals surface area contributed by atoms with E-state index in [0.29, 0.717) is 39.4 Å². The number of phosphoric ester groups is 1. The summed E-state index contributed by atoms with van der Waals surface area (Å²) in [5.74, 6) is 1.00. The molecule has 11 heteroatoms. The van der Waals surface area contributed by atoms with E-state index in [1.165, 1.54) is 25.7 Å². The lowest BCUT2D eigenvalue weighted by Crippen LogP contribution is -2.29. The summed E-state index contributed by atoms with van der Waals surface area (Å²) in [5, 5.41) is 2.91. The van der Waals surface area contributed by atoms with Gasteiger partial charge in [0.1, 0.15) is 0 Å². The van der Waals surface area contributed by atoms with Crippen LogP contribution in [0.3, 0.4) is 0 Å². The molecule has 0 aromatic carbocycles. The number of rotatable bonds is 28. The Balaban J connectivity index is 4.38. The molecule has 0 radical (unpaired) electrons. The molecule has 0 heterocycles. The van der Waals surface area contributed by atoms with Crippen LogP contribution >= 0.6 is 29.4 Å². The third-order valence-corrected chi connectivity index (χ3v) is 11.3. The minimum Gasteiger partial charge on any atom is -0.382 e. The molecule has 0 rings (SSSR count). The monoisotopic (exact) mass is 643 g/mol. The van der Waals surface area contributed by atoms with Crippen LogP contribution in [0.25, 0.3) is 0 Å². The SMILES string of the molecule is CCCCCCCC(CCC)OP(=O)(OCCCCSSC(C)(C)CCC(=O)NCCOCCOC)OC(C)(C)C. The second-order valence-corrected chi connectivity index (χ2v) is 16.7. The standard InChI is InChI=1S/C30H62NO7PS2/c1-9-11-12-13-14-18-27(17-10-2)37-39(33,38-29(3,4)5)36-22-15-16-26-40-41-30(6,7)20-19-28(32)31-21-23-35-25-24-34-8/h27H,9-26H2,1-8H3,(H,31,32). The van der Waals surface area contributed by atoms with Gasteiger partial charge in [-0.05, 0) is 66.7 Å². The minimum absolute atomic E-state index is 0.0115. The normalized spacial score (nSPS) is 14.6. The van der Waals surface area contributed by atoms with Crippen LogP contribution in [0.5, 0.6) is 0 Å². The molecule has 0 aliphatic carbocycles. The van der Waals surface area contributed by atoms with Crippen LogP contribution < -0.4 is 5.32 Å². The molecular weight excluding hydrogens is 581 g/mol. The molecule has 1 N–H and O–H groups in total.